The summed E-state index contributed by atoms with van der Waals surface area (Å²) in [7, 11) is 0. The van der Waals surface area contributed by atoms with Crippen molar-refractivity contribution in [3.05, 3.63) is 56.1 Å². The Labute approximate surface area is 146 Å². The molecule has 6 nitrogen and oxygen atoms in total. The first kappa shape index (κ1) is 15.5. The van der Waals surface area contributed by atoms with Gasteiger partial charge >= 0.3 is 0 Å². The average Bonchev–Trinajstić information content (AvgIpc) is 3.27. The number of rotatable bonds is 3. The highest BCUT2D eigenvalue weighted by Gasteiger charge is 2.24. The average molecular weight is 360 g/mol. The molecule has 0 saturated carbocycles. The fourth-order valence-electron chi connectivity index (χ4n) is 2.89. The van der Waals surface area contributed by atoms with Gasteiger partial charge in [0.25, 0.3) is 11.5 Å². The van der Waals surface area contributed by atoms with Crippen LogP contribution in [-0.4, -0.2) is 51.3 Å². The van der Waals surface area contributed by atoms with Gasteiger partial charge in [0.15, 0.2) is 4.96 Å². The lowest BCUT2D eigenvalue weighted by molar-refractivity contribution is 0.0626. The highest BCUT2D eigenvalue weighted by Crippen LogP contribution is 2.13. The molecule has 8 heteroatoms. The fraction of sp³-hybridized carbons (Fsp3) is 0.312. The van der Waals surface area contributed by atoms with E-state index in [2.05, 4.69) is 26.7 Å². The predicted molar refractivity (Wildman–Crippen MR) is 94.8 cm³/mol. The number of thiophene rings is 1. The van der Waals surface area contributed by atoms with Crippen LogP contribution in [0.1, 0.15) is 15.9 Å². The minimum atomic E-state index is -0.285. The second kappa shape index (κ2) is 6.46. The molecule has 4 heterocycles. The summed E-state index contributed by atoms with van der Waals surface area (Å²) in [6, 6.07) is 2.13. The lowest BCUT2D eigenvalue weighted by Gasteiger charge is -2.34. The number of thiazole rings is 1. The Bertz CT molecular complexity index is 908. The minimum Gasteiger partial charge on any atom is -0.336 e. The summed E-state index contributed by atoms with van der Waals surface area (Å²) in [6.45, 7) is 3.81. The largest absolute Gasteiger partial charge is 0.336 e. The van der Waals surface area contributed by atoms with Crippen molar-refractivity contribution in [3.63, 3.8) is 0 Å². The van der Waals surface area contributed by atoms with Crippen LogP contribution in [-0.2, 0) is 6.54 Å². The first-order valence-corrected chi connectivity index (χ1v) is 9.52. The fourth-order valence-corrected chi connectivity index (χ4v) is 4.23. The highest BCUT2D eigenvalue weighted by atomic mass is 32.1. The van der Waals surface area contributed by atoms with Crippen molar-refractivity contribution in [1.29, 1.82) is 0 Å². The first-order valence-electron chi connectivity index (χ1n) is 7.70. The van der Waals surface area contributed by atoms with Gasteiger partial charge in [0, 0.05) is 50.5 Å². The maximum absolute atomic E-state index is 12.7. The molecule has 0 spiro atoms. The third-order valence-electron chi connectivity index (χ3n) is 4.22. The van der Waals surface area contributed by atoms with Gasteiger partial charge in [-0.3, -0.25) is 18.9 Å². The van der Waals surface area contributed by atoms with Gasteiger partial charge in [-0.05, 0) is 22.4 Å². The van der Waals surface area contributed by atoms with Crippen molar-refractivity contribution in [2.45, 2.75) is 6.54 Å². The third kappa shape index (κ3) is 2.88. The summed E-state index contributed by atoms with van der Waals surface area (Å²) >= 11 is 3.08. The van der Waals surface area contributed by atoms with Crippen LogP contribution >= 0.6 is 22.7 Å². The van der Waals surface area contributed by atoms with Crippen molar-refractivity contribution in [1.82, 2.24) is 19.2 Å². The lowest BCUT2D eigenvalue weighted by atomic mass is 10.2. The molecule has 0 aliphatic carbocycles. The SMILES string of the molecule is O=C(c1cnc2sccn2c1=O)N1CCN(Cc2ccsc2)CC1. The molecule has 4 rings (SSSR count). The minimum absolute atomic E-state index is 0.150. The van der Waals surface area contributed by atoms with Crippen molar-refractivity contribution in [2.75, 3.05) is 26.2 Å². The molecule has 1 amide bonds. The molecular weight excluding hydrogens is 344 g/mol. The smallest absolute Gasteiger partial charge is 0.271 e. The molecule has 124 valence electrons. The number of hydrogen-bond donors (Lipinski definition) is 0. The van der Waals surface area contributed by atoms with E-state index in [1.165, 1.54) is 27.5 Å². The van der Waals surface area contributed by atoms with Crippen molar-refractivity contribution in [2.24, 2.45) is 0 Å². The number of amides is 1. The van der Waals surface area contributed by atoms with Gasteiger partial charge in [-0.1, -0.05) is 0 Å². The number of fused-ring (bicyclic) bond motifs is 1. The van der Waals surface area contributed by atoms with E-state index in [0.29, 0.717) is 18.1 Å². The van der Waals surface area contributed by atoms with Gasteiger partial charge in [0.05, 0.1) is 0 Å². The molecule has 0 bridgehead atoms. The van der Waals surface area contributed by atoms with Gasteiger partial charge in [0.1, 0.15) is 5.56 Å². The van der Waals surface area contributed by atoms with Crippen molar-refractivity contribution in [3.8, 4) is 0 Å². The summed E-state index contributed by atoms with van der Waals surface area (Å²) in [4.78, 5) is 34.0. The summed E-state index contributed by atoms with van der Waals surface area (Å²) < 4.78 is 1.44. The molecule has 0 unspecified atom stereocenters. The maximum Gasteiger partial charge on any atom is 0.271 e. The summed E-state index contributed by atoms with van der Waals surface area (Å²) in [5, 5.41) is 6.03. The van der Waals surface area contributed by atoms with Crippen molar-refractivity contribution >= 4 is 33.5 Å². The van der Waals surface area contributed by atoms with Gasteiger partial charge in [0.2, 0.25) is 0 Å². The number of aromatic nitrogens is 2. The van der Waals surface area contributed by atoms with Gasteiger partial charge < -0.3 is 4.90 Å². The van der Waals surface area contributed by atoms with E-state index in [9.17, 15) is 9.59 Å². The molecule has 0 N–H and O–H groups in total. The van der Waals surface area contributed by atoms with E-state index in [4.69, 9.17) is 0 Å². The van der Waals surface area contributed by atoms with Crippen LogP contribution in [0.2, 0.25) is 0 Å². The van der Waals surface area contributed by atoms with Crippen LogP contribution in [0.15, 0.2) is 39.4 Å². The van der Waals surface area contributed by atoms with Crippen LogP contribution in [0.25, 0.3) is 4.96 Å². The first-order chi connectivity index (χ1) is 11.7. The monoisotopic (exact) mass is 360 g/mol. The molecule has 1 saturated heterocycles. The van der Waals surface area contributed by atoms with Gasteiger partial charge in [-0.15, -0.1) is 11.3 Å². The molecule has 1 aliphatic heterocycles. The van der Waals surface area contributed by atoms with Crippen LogP contribution < -0.4 is 5.56 Å². The number of carbonyl (C=O) groups excluding carboxylic acids is 1. The summed E-state index contributed by atoms with van der Waals surface area (Å²) in [5.41, 5.74) is 1.18. The number of piperazine rings is 1. The maximum atomic E-state index is 12.7. The summed E-state index contributed by atoms with van der Waals surface area (Å²) in [5.74, 6) is -0.219. The van der Waals surface area contributed by atoms with Crippen LogP contribution in [0.5, 0.6) is 0 Å². The predicted octanol–water partition coefficient (Wildman–Crippen LogP) is 1.78. The van der Waals surface area contributed by atoms with Crippen LogP contribution in [0.3, 0.4) is 0 Å². The molecular formula is C16H16N4O2S2. The van der Waals surface area contributed by atoms with E-state index in [1.807, 2.05) is 0 Å². The zero-order valence-electron chi connectivity index (χ0n) is 12.9. The molecule has 3 aromatic rings. The standard InChI is InChI=1S/C16H16N4O2S2/c21-14(13-9-17-16-20(15(13)22)6-8-24-16)19-4-2-18(3-5-19)10-12-1-7-23-11-12/h1,6-9,11H,2-5,10H2. The molecule has 3 aromatic heterocycles. The molecule has 0 aromatic carbocycles. The second-order valence-corrected chi connectivity index (χ2v) is 7.39. The van der Waals surface area contributed by atoms with E-state index >= 15 is 0 Å². The molecule has 1 fully saturated rings. The Morgan fingerprint density at radius 2 is 2.04 bits per heavy atom. The zero-order valence-corrected chi connectivity index (χ0v) is 14.6. The Hall–Kier alpha value is -2.03. The lowest BCUT2D eigenvalue weighted by Crippen LogP contribution is -2.49. The Kier molecular flexibility index (Phi) is 4.17. The number of carbonyl (C=O) groups is 1. The zero-order chi connectivity index (χ0) is 16.5. The molecule has 0 radical (unpaired) electrons. The quantitative estimate of drug-likeness (QED) is 0.714. The molecule has 1 aliphatic rings. The van der Waals surface area contributed by atoms with E-state index in [0.717, 1.165) is 19.6 Å². The topological polar surface area (TPSA) is 57.9 Å². The molecule has 0 atom stereocenters. The number of hydrogen-bond acceptors (Lipinski definition) is 6. The number of nitrogens with zero attached hydrogens (tertiary/aromatic N) is 4. The van der Waals surface area contributed by atoms with E-state index in [1.54, 1.807) is 27.8 Å². The Balaban J connectivity index is 1.45. The van der Waals surface area contributed by atoms with E-state index < -0.39 is 0 Å². The molecule has 24 heavy (non-hydrogen) atoms. The van der Waals surface area contributed by atoms with Gasteiger partial charge in [-0.2, -0.15) is 11.3 Å². The van der Waals surface area contributed by atoms with Gasteiger partial charge in [-0.25, -0.2) is 4.98 Å². The summed E-state index contributed by atoms with van der Waals surface area (Å²) in [6.07, 6.45) is 3.07. The van der Waals surface area contributed by atoms with Crippen LogP contribution in [0, 0.1) is 0 Å². The second-order valence-electron chi connectivity index (χ2n) is 5.73. The Morgan fingerprint density at radius 3 is 2.79 bits per heavy atom. The van der Waals surface area contributed by atoms with Crippen molar-refractivity contribution < 1.29 is 4.79 Å². The Morgan fingerprint density at radius 1 is 1.21 bits per heavy atom. The van der Waals surface area contributed by atoms with E-state index in [-0.39, 0.29) is 17.0 Å². The normalized spacial score (nSPS) is 15.9. The van der Waals surface area contributed by atoms with Crippen LogP contribution in [0.4, 0.5) is 0 Å². The highest BCUT2D eigenvalue weighted by molar-refractivity contribution is 7.15. The third-order valence-corrected chi connectivity index (χ3v) is 5.72.